The molecule has 0 aromatic heterocycles. The van der Waals surface area contributed by atoms with Crippen molar-refractivity contribution in [2.45, 2.75) is 52.1 Å². The average Bonchev–Trinajstić information content (AvgIpc) is 2.41. The SMILES string of the molecule is C=CCCC(C)NCC(CC(C)C)N1CCOCC1. The zero-order valence-corrected chi connectivity index (χ0v) is 13.0. The van der Waals surface area contributed by atoms with Crippen LogP contribution < -0.4 is 5.32 Å². The highest BCUT2D eigenvalue weighted by Gasteiger charge is 2.22. The van der Waals surface area contributed by atoms with Gasteiger partial charge in [0, 0.05) is 31.7 Å². The predicted molar refractivity (Wildman–Crippen MR) is 82.5 cm³/mol. The van der Waals surface area contributed by atoms with Gasteiger partial charge in [-0.1, -0.05) is 19.9 Å². The van der Waals surface area contributed by atoms with Crippen molar-refractivity contribution < 1.29 is 4.74 Å². The van der Waals surface area contributed by atoms with Crippen molar-refractivity contribution in [1.29, 1.82) is 0 Å². The van der Waals surface area contributed by atoms with E-state index in [1.807, 2.05) is 6.08 Å². The molecular weight excluding hydrogens is 236 g/mol. The third-order valence-electron chi connectivity index (χ3n) is 3.81. The van der Waals surface area contributed by atoms with E-state index in [4.69, 9.17) is 4.74 Å². The van der Waals surface area contributed by atoms with Gasteiger partial charge in [0.2, 0.25) is 0 Å². The molecule has 1 rings (SSSR count). The standard InChI is InChI=1S/C16H32N2O/c1-5-6-7-15(4)17-13-16(12-14(2)3)18-8-10-19-11-9-18/h5,14-17H,1,6-13H2,2-4H3. The Labute approximate surface area is 119 Å². The molecule has 0 aliphatic carbocycles. The summed E-state index contributed by atoms with van der Waals surface area (Å²) in [5.74, 6) is 0.748. The van der Waals surface area contributed by atoms with Gasteiger partial charge in [-0.2, -0.15) is 0 Å². The summed E-state index contributed by atoms with van der Waals surface area (Å²) in [5.41, 5.74) is 0. The van der Waals surface area contributed by atoms with Crippen LogP contribution in [0.5, 0.6) is 0 Å². The quantitative estimate of drug-likeness (QED) is 0.651. The first kappa shape index (κ1) is 16.7. The maximum Gasteiger partial charge on any atom is 0.0594 e. The minimum Gasteiger partial charge on any atom is -0.379 e. The van der Waals surface area contributed by atoms with E-state index in [1.54, 1.807) is 0 Å². The van der Waals surface area contributed by atoms with Gasteiger partial charge in [0.1, 0.15) is 0 Å². The molecule has 0 amide bonds. The second kappa shape index (κ2) is 9.51. The zero-order valence-electron chi connectivity index (χ0n) is 13.0. The van der Waals surface area contributed by atoms with Gasteiger partial charge in [-0.25, -0.2) is 0 Å². The van der Waals surface area contributed by atoms with Crippen molar-refractivity contribution in [1.82, 2.24) is 10.2 Å². The Morgan fingerprint density at radius 3 is 2.53 bits per heavy atom. The summed E-state index contributed by atoms with van der Waals surface area (Å²) < 4.78 is 5.46. The number of rotatable bonds is 9. The fourth-order valence-corrected chi connectivity index (χ4v) is 2.66. The van der Waals surface area contributed by atoms with Crippen LogP contribution in [0.1, 0.15) is 40.0 Å². The molecule has 3 nitrogen and oxygen atoms in total. The van der Waals surface area contributed by atoms with Gasteiger partial charge >= 0.3 is 0 Å². The minimum absolute atomic E-state index is 0.578. The van der Waals surface area contributed by atoms with Gasteiger partial charge in [-0.15, -0.1) is 6.58 Å². The van der Waals surface area contributed by atoms with Crippen molar-refractivity contribution in [2.24, 2.45) is 5.92 Å². The first-order valence-corrected chi connectivity index (χ1v) is 7.79. The number of nitrogens with one attached hydrogen (secondary N) is 1. The van der Waals surface area contributed by atoms with Gasteiger partial charge in [0.15, 0.2) is 0 Å². The van der Waals surface area contributed by atoms with Crippen LogP contribution in [0.15, 0.2) is 12.7 Å². The highest BCUT2D eigenvalue weighted by atomic mass is 16.5. The van der Waals surface area contributed by atoms with Crippen molar-refractivity contribution in [3.8, 4) is 0 Å². The van der Waals surface area contributed by atoms with Crippen molar-refractivity contribution in [3.63, 3.8) is 0 Å². The Balaban J connectivity index is 2.37. The first-order chi connectivity index (χ1) is 9.13. The summed E-state index contributed by atoms with van der Waals surface area (Å²) in [5, 5.41) is 3.69. The van der Waals surface area contributed by atoms with Gasteiger partial charge in [-0.05, 0) is 32.1 Å². The molecule has 0 aromatic carbocycles. The van der Waals surface area contributed by atoms with Gasteiger partial charge in [-0.3, -0.25) is 4.90 Å². The Morgan fingerprint density at radius 2 is 1.95 bits per heavy atom. The predicted octanol–water partition coefficient (Wildman–Crippen LogP) is 2.68. The number of ether oxygens (including phenoxy) is 1. The molecule has 0 saturated carbocycles. The molecule has 0 spiro atoms. The normalized spacial score (nSPS) is 20.4. The summed E-state index contributed by atoms with van der Waals surface area (Å²) >= 11 is 0. The molecule has 2 atom stereocenters. The van der Waals surface area contributed by atoms with E-state index in [1.165, 1.54) is 12.8 Å². The van der Waals surface area contributed by atoms with Crippen LogP contribution in [-0.2, 0) is 4.74 Å². The first-order valence-electron chi connectivity index (χ1n) is 7.79. The van der Waals surface area contributed by atoms with Gasteiger partial charge in [0.25, 0.3) is 0 Å². The number of hydrogen-bond donors (Lipinski definition) is 1. The Morgan fingerprint density at radius 1 is 1.26 bits per heavy atom. The minimum atomic E-state index is 0.578. The van der Waals surface area contributed by atoms with Crippen LogP contribution in [0.3, 0.4) is 0 Å². The van der Waals surface area contributed by atoms with E-state index in [-0.39, 0.29) is 0 Å². The van der Waals surface area contributed by atoms with E-state index < -0.39 is 0 Å². The highest BCUT2D eigenvalue weighted by Crippen LogP contribution is 2.13. The third-order valence-corrected chi connectivity index (χ3v) is 3.81. The van der Waals surface area contributed by atoms with Crippen molar-refractivity contribution in [2.75, 3.05) is 32.8 Å². The molecule has 1 aliphatic heterocycles. The van der Waals surface area contributed by atoms with E-state index in [0.717, 1.165) is 45.2 Å². The molecule has 3 heteroatoms. The molecule has 112 valence electrons. The van der Waals surface area contributed by atoms with Gasteiger partial charge < -0.3 is 10.1 Å². The lowest BCUT2D eigenvalue weighted by molar-refractivity contribution is 0.0119. The van der Waals surface area contributed by atoms with Crippen molar-refractivity contribution >= 4 is 0 Å². The Kier molecular flexibility index (Phi) is 8.35. The molecule has 0 aromatic rings. The maximum atomic E-state index is 5.46. The van der Waals surface area contributed by atoms with Crippen molar-refractivity contribution in [3.05, 3.63) is 12.7 Å². The van der Waals surface area contributed by atoms with E-state index >= 15 is 0 Å². The number of morpholine rings is 1. The van der Waals surface area contributed by atoms with Crippen LogP contribution in [-0.4, -0.2) is 49.8 Å². The van der Waals surface area contributed by atoms with Crippen LogP contribution in [0.25, 0.3) is 0 Å². The fraction of sp³-hybridized carbons (Fsp3) is 0.875. The second-order valence-electron chi connectivity index (χ2n) is 6.11. The largest absolute Gasteiger partial charge is 0.379 e. The fourth-order valence-electron chi connectivity index (χ4n) is 2.66. The molecule has 1 aliphatic rings. The lowest BCUT2D eigenvalue weighted by Crippen LogP contribution is -2.49. The molecule has 1 heterocycles. The second-order valence-corrected chi connectivity index (χ2v) is 6.11. The smallest absolute Gasteiger partial charge is 0.0594 e. The lowest BCUT2D eigenvalue weighted by atomic mass is 10.0. The summed E-state index contributed by atoms with van der Waals surface area (Å²) in [6.07, 6.45) is 5.55. The molecule has 2 unspecified atom stereocenters. The summed E-state index contributed by atoms with van der Waals surface area (Å²) in [7, 11) is 0. The van der Waals surface area contributed by atoms with E-state index in [9.17, 15) is 0 Å². The summed E-state index contributed by atoms with van der Waals surface area (Å²) in [6, 6.07) is 1.23. The van der Waals surface area contributed by atoms with Crippen LogP contribution >= 0.6 is 0 Å². The molecule has 1 fully saturated rings. The monoisotopic (exact) mass is 268 g/mol. The van der Waals surface area contributed by atoms with E-state index in [2.05, 4.69) is 37.6 Å². The Hall–Kier alpha value is -0.380. The molecule has 1 saturated heterocycles. The summed E-state index contributed by atoms with van der Waals surface area (Å²) in [6.45, 7) is 15.7. The molecule has 0 radical (unpaired) electrons. The molecule has 0 bridgehead atoms. The highest BCUT2D eigenvalue weighted by molar-refractivity contribution is 4.79. The zero-order chi connectivity index (χ0) is 14.1. The topological polar surface area (TPSA) is 24.5 Å². The van der Waals surface area contributed by atoms with Crippen LogP contribution in [0, 0.1) is 5.92 Å². The van der Waals surface area contributed by atoms with Crippen LogP contribution in [0.4, 0.5) is 0 Å². The summed E-state index contributed by atoms with van der Waals surface area (Å²) in [4.78, 5) is 2.59. The number of nitrogens with zero attached hydrogens (tertiary/aromatic N) is 1. The molecular formula is C16H32N2O. The maximum absolute atomic E-state index is 5.46. The Bertz CT molecular complexity index is 237. The third kappa shape index (κ3) is 7.09. The molecule has 19 heavy (non-hydrogen) atoms. The number of hydrogen-bond acceptors (Lipinski definition) is 3. The lowest BCUT2D eigenvalue weighted by Gasteiger charge is -2.36. The molecule has 1 N–H and O–H groups in total. The number of allylic oxidation sites excluding steroid dienone is 1. The van der Waals surface area contributed by atoms with Crippen LogP contribution in [0.2, 0.25) is 0 Å². The van der Waals surface area contributed by atoms with Gasteiger partial charge in [0.05, 0.1) is 13.2 Å². The average molecular weight is 268 g/mol. The van der Waals surface area contributed by atoms with E-state index in [0.29, 0.717) is 12.1 Å².